The van der Waals surface area contributed by atoms with Crippen LogP contribution in [0.2, 0.25) is 0 Å². The van der Waals surface area contributed by atoms with Crippen molar-refractivity contribution in [2.75, 3.05) is 23.9 Å². The molecule has 1 atom stereocenters. The lowest BCUT2D eigenvalue weighted by Crippen LogP contribution is -2.28. The minimum Gasteiger partial charge on any atom is -0.493 e. The highest BCUT2D eigenvalue weighted by atomic mass is 19.1. The molecule has 1 unspecified atom stereocenters. The Labute approximate surface area is 189 Å². The minimum atomic E-state index is -0.851. The third-order valence-electron chi connectivity index (χ3n) is 5.27. The molecule has 3 aromatic rings. The maximum Gasteiger partial charge on any atom is 0.229 e. The van der Waals surface area contributed by atoms with Crippen molar-refractivity contribution in [3.63, 3.8) is 0 Å². The summed E-state index contributed by atoms with van der Waals surface area (Å²) in [6.45, 7) is 0.278. The van der Waals surface area contributed by atoms with Gasteiger partial charge in [-0.15, -0.1) is 0 Å². The van der Waals surface area contributed by atoms with E-state index >= 15 is 0 Å². The number of aromatic nitrogens is 1. The molecule has 33 heavy (non-hydrogen) atoms. The second-order valence-electron chi connectivity index (χ2n) is 7.50. The molecule has 4 rings (SSSR count). The largest absolute Gasteiger partial charge is 0.493 e. The van der Waals surface area contributed by atoms with Crippen LogP contribution in [0.25, 0.3) is 0 Å². The van der Waals surface area contributed by atoms with Crippen molar-refractivity contribution in [3.8, 4) is 11.5 Å². The number of benzene rings is 2. The van der Waals surface area contributed by atoms with Gasteiger partial charge in [-0.3, -0.25) is 14.6 Å². The summed E-state index contributed by atoms with van der Waals surface area (Å²) in [7, 11) is 1.51. The van der Waals surface area contributed by atoms with Gasteiger partial charge in [-0.2, -0.15) is 0 Å². The number of nitrogens with zero attached hydrogens (tertiary/aromatic N) is 2. The number of nitrogens with one attached hydrogen (secondary N) is 1. The van der Waals surface area contributed by atoms with Gasteiger partial charge in [0.2, 0.25) is 11.8 Å². The number of hydrogen-bond acceptors (Lipinski definition) is 5. The zero-order valence-electron chi connectivity index (χ0n) is 17.8. The number of carbonyl (C=O) groups excluding carboxylic acids is 2. The van der Waals surface area contributed by atoms with E-state index in [1.807, 2.05) is 12.1 Å². The fraction of sp³-hybridized carbons (Fsp3) is 0.208. The molecule has 0 bridgehead atoms. The van der Waals surface area contributed by atoms with Crippen LogP contribution in [0, 0.1) is 17.6 Å². The van der Waals surface area contributed by atoms with Gasteiger partial charge >= 0.3 is 0 Å². The first-order valence-corrected chi connectivity index (χ1v) is 10.2. The zero-order chi connectivity index (χ0) is 23.4. The number of carbonyl (C=O) groups is 2. The van der Waals surface area contributed by atoms with Crippen LogP contribution in [0.3, 0.4) is 0 Å². The van der Waals surface area contributed by atoms with Gasteiger partial charge in [0.1, 0.15) is 18.2 Å². The maximum atomic E-state index is 14.1. The second-order valence-corrected chi connectivity index (χ2v) is 7.50. The monoisotopic (exact) mass is 453 g/mol. The molecule has 2 heterocycles. The Morgan fingerprint density at radius 2 is 1.91 bits per heavy atom. The topological polar surface area (TPSA) is 80.8 Å². The van der Waals surface area contributed by atoms with E-state index in [2.05, 4.69) is 10.3 Å². The summed E-state index contributed by atoms with van der Waals surface area (Å²) in [6.07, 6.45) is 3.25. The third-order valence-corrected chi connectivity index (χ3v) is 5.27. The molecule has 1 aliphatic heterocycles. The average molecular weight is 453 g/mol. The van der Waals surface area contributed by atoms with Crippen molar-refractivity contribution >= 4 is 23.2 Å². The predicted molar refractivity (Wildman–Crippen MR) is 117 cm³/mol. The summed E-state index contributed by atoms with van der Waals surface area (Å²) >= 11 is 0. The molecule has 0 aliphatic carbocycles. The predicted octanol–water partition coefficient (Wildman–Crippen LogP) is 3.94. The number of methoxy groups -OCH3 is 1. The van der Waals surface area contributed by atoms with Crippen LogP contribution >= 0.6 is 0 Å². The van der Waals surface area contributed by atoms with E-state index in [9.17, 15) is 18.4 Å². The Kier molecular flexibility index (Phi) is 6.48. The van der Waals surface area contributed by atoms with Crippen LogP contribution < -0.4 is 19.7 Å². The molecule has 1 aliphatic rings. The number of ether oxygens (including phenoxy) is 2. The number of anilines is 2. The molecule has 1 aromatic heterocycles. The Morgan fingerprint density at radius 1 is 1.12 bits per heavy atom. The summed E-state index contributed by atoms with van der Waals surface area (Å²) in [4.78, 5) is 30.3. The van der Waals surface area contributed by atoms with Gasteiger partial charge in [-0.05, 0) is 42.0 Å². The Morgan fingerprint density at radius 3 is 2.64 bits per heavy atom. The van der Waals surface area contributed by atoms with Crippen LogP contribution in [0.15, 0.2) is 60.9 Å². The summed E-state index contributed by atoms with van der Waals surface area (Å²) in [6, 6.07) is 11.6. The summed E-state index contributed by atoms with van der Waals surface area (Å²) < 4.78 is 38.4. The van der Waals surface area contributed by atoms with Gasteiger partial charge in [0, 0.05) is 43.2 Å². The van der Waals surface area contributed by atoms with E-state index in [1.165, 1.54) is 13.2 Å². The highest BCUT2D eigenvalue weighted by Gasteiger charge is 2.36. The quantitative estimate of drug-likeness (QED) is 0.586. The summed E-state index contributed by atoms with van der Waals surface area (Å²) in [5.74, 6) is -2.14. The molecule has 170 valence electrons. The Balaban J connectivity index is 1.44. The zero-order valence-corrected chi connectivity index (χ0v) is 17.8. The van der Waals surface area contributed by atoms with Crippen LogP contribution in [0.4, 0.5) is 20.2 Å². The minimum absolute atomic E-state index is 0.00518. The standard InChI is InChI=1S/C24H21F2N3O4/c1-32-21-5-3-18(12-22(21)33-14-15-6-8-27-9-7-15)28-24(31)16-10-23(30)29(13-16)20-4-2-17(25)11-19(20)26/h2-9,11-12,16H,10,13-14H2,1H3,(H,28,31). The molecule has 1 saturated heterocycles. The molecular formula is C24H21F2N3O4. The first kappa shape index (κ1) is 22.2. The third kappa shape index (κ3) is 5.08. The van der Waals surface area contributed by atoms with Crippen molar-refractivity contribution in [1.82, 2.24) is 4.98 Å². The molecule has 0 saturated carbocycles. The Bertz CT molecular complexity index is 1170. The smallest absolute Gasteiger partial charge is 0.229 e. The number of amides is 2. The second kappa shape index (κ2) is 9.64. The maximum absolute atomic E-state index is 14.1. The molecule has 1 fully saturated rings. The molecule has 2 aromatic carbocycles. The number of hydrogen-bond donors (Lipinski definition) is 1. The van der Waals surface area contributed by atoms with Crippen molar-refractivity contribution in [2.24, 2.45) is 5.92 Å². The lowest BCUT2D eigenvalue weighted by Gasteiger charge is -2.18. The van der Waals surface area contributed by atoms with E-state index in [-0.39, 0.29) is 25.3 Å². The van der Waals surface area contributed by atoms with Crippen molar-refractivity contribution in [1.29, 1.82) is 0 Å². The first-order valence-electron chi connectivity index (χ1n) is 10.2. The van der Waals surface area contributed by atoms with E-state index in [4.69, 9.17) is 9.47 Å². The average Bonchev–Trinajstić information content (AvgIpc) is 3.20. The highest BCUT2D eigenvalue weighted by molar-refractivity contribution is 6.03. The summed E-state index contributed by atoms with van der Waals surface area (Å²) in [5.41, 5.74) is 1.33. The van der Waals surface area contributed by atoms with Crippen molar-refractivity contribution in [2.45, 2.75) is 13.0 Å². The fourth-order valence-electron chi connectivity index (χ4n) is 3.57. The normalized spacial score (nSPS) is 15.4. The van der Waals surface area contributed by atoms with Crippen molar-refractivity contribution in [3.05, 3.63) is 78.1 Å². The van der Waals surface area contributed by atoms with E-state index in [0.717, 1.165) is 16.5 Å². The van der Waals surface area contributed by atoms with Gasteiger partial charge in [0.15, 0.2) is 11.5 Å². The molecule has 1 N–H and O–H groups in total. The molecule has 0 spiro atoms. The number of rotatable bonds is 7. The van der Waals surface area contributed by atoms with Gasteiger partial charge in [0.05, 0.1) is 18.7 Å². The SMILES string of the molecule is COc1ccc(NC(=O)C2CC(=O)N(c3ccc(F)cc3F)C2)cc1OCc1ccncc1. The lowest BCUT2D eigenvalue weighted by atomic mass is 10.1. The van der Waals surface area contributed by atoms with E-state index < -0.39 is 29.4 Å². The first-order chi connectivity index (χ1) is 15.9. The lowest BCUT2D eigenvalue weighted by molar-refractivity contribution is -0.122. The van der Waals surface area contributed by atoms with Crippen LogP contribution in [0.1, 0.15) is 12.0 Å². The molecule has 9 heteroatoms. The van der Waals surface area contributed by atoms with Gasteiger partial charge in [-0.1, -0.05) is 0 Å². The van der Waals surface area contributed by atoms with Crippen molar-refractivity contribution < 1.29 is 27.8 Å². The van der Waals surface area contributed by atoms with Gasteiger partial charge < -0.3 is 19.7 Å². The van der Waals surface area contributed by atoms with E-state index in [1.54, 1.807) is 30.6 Å². The Hall–Kier alpha value is -4.01. The number of pyridine rings is 1. The molecule has 2 amide bonds. The highest BCUT2D eigenvalue weighted by Crippen LogP contribution is 2.32. The molecule has 7 nitrogen and oxygen atoms in total. The van der Waals surface area contributed by atoms with E-state index in [0.29, 0.717) is 23.3 Å². The van der Waals surface area contributed by atoms with Crippen LogP contribution in [-0.4, -0.2) is 30.5 Å². The molecule has 0 radical (unpaired) electrons. The van der Waals surface area contributed by atoms with Crippen LogP contribution in [0.5, 0.6) is 11.5 Å². The van der Waals surface area contributed by atoms with Crippen LogP contribution in [-0.2, 0) is 16.2 Å². The van der Waals surface area contributed by atoms with Gasteiger partial charge in [-0.25, -0.2) is 8.78 Å². The van der Waals surface area contributed by atoms with Gasteiger partial charge in [0.25, 0.3) is 0 Å². The summed E-state index contributed by atoms with van der Waals surface area (Å²) in [5, 5.41) is 2.77. The fourth-order valence-corrected chi connectivity index (χ4v) is 3.57. The molecular weight excluding hydrogens is 432 g/mol. The number of halogens is 2.